The summed E-state index contributed by atoms with van der Waals surface area (Å²) in [7, 11) is 0. The van der Waals surface area contributed by atoms with Crippen molar-refractivity contribution in [3.8, 4) is 5.69 Å². The molecule has 2 aromatic rings. The van der Waals surface area contributed by atoms with Crippen LogP contribution < -0.4 is 0 Å². The summed E-state index contributed by atoms with van der Waals surface area (Å²) in [5.41, 5.74) is 3.00. The highest BCUT2D eigenvalue weighted by molar-refractivity contribution is 7.99. The number of aromatic nitrogens is 4. The number of piperidine rings is 1. The minimum absolute atomic E-state index is 0.0374. The van der Waals surface area contributed by atoms with Gasteiger partial charge in [0.05, 0.1) is 11.4 Å². The molecule has 0 aliphatic carbocycles. The summed E-state index contributed by atoms with van der Waals surface area (Å²) in [5, 5.41) is 12.3. The summed E-state index contributed by atoms with van der Waals surface area (Å²) in [5.74, 6) is -0.533. The molecule has 0 N–H and O–H groups in total. The Balaban J connectivity index is 1.53. The van der Waals surface area contributed by atoms with E-state index in [1.54, 1.807) is 4.68 Å². The van der Waals surface area contributed by atoms with Crippen molar-refractivity contribution in [3.05, 3.63) is 29.3 Å². The lowest BCUT2D eigenvalue weighted by molar-refractivity contribution is -0.151. The molecule has 3 rings (SSSR count). The molecule has 1 amide bonds. The first kappa shape index (κ1) is 21.3. The molecule has 1 fully saturated rings. The third-order valence-electron chi connectivity index (χ3n) is 5.13. The number of thioether (sulfide) groups is 1. The zero-order chi connectivity index (χ0) is 20.8. The SMILES string of the molecule is CC[C@H]1CCCCN1C(=O)COC(=O)CSc1nnnn1-c1cc(C)ccc1C. The Hall–Kier alpha value is -2.42. The van der Waals surface area contributed by atoms with Gasteiger partial charge in [-0.25, -0.2) is 0 Å². The van der Waals surface area contributed by atoms with E-state index in [1.807, 2.05) is 36.9 Å². The Bertz CT molecular complexity index is 870. The number of tetrazole rings is 1. The Morgan fingerprint density at radius 3 is 2.90 bits per heavy atom. The largest absolute Gasteiger partial charge is 0.455 e. The van der Waals surface area contributed by atoms with Crippen LogP contribution in [-0.4, -0.2) is 61.9 Å². The van der Waals surface area contributed by atoms with E-state index < -0.39 is 5.97 Å². The van der Waals surface area contributed by atoms with Crippen LogP contribution >= 0.6 is 11.8 Å². The zero-order valence-electron chi connectivity index (χ0n) is 17.1. The lowest BCUT2D eigenvalue weighted by Gasteiger charge is -2.35. The van der Waals surface area contributed by atoms with Gasteiger partial charge in [-0.15, -0.1) is 5.10 Å². The van der Waals surface area contributed by atoms with Crippen LogP contribution in [0, 0.1) is 13.8 Å². The topological polar surface area (TPSA) is 90.2 Å². The molecule has 156 valence electrons. The maximum atomic E-state index is 12.4. The molecule has 0 spiro atoms. The molecule has 8 nitrogen and oxygen atoms in total. The van der Waals surface area contributed by atoms with Crippen molar-refractivity contribution in [2.24, 2.45) is 0 Å². The van der Waals surface area contributed by atoms with Gasteiger partial charge in [-0.2, -0.15) is 4.68 Å². The normalized spacial score (nSPS) is 16.7. The second-order valence-corrected chi connectivity index (χ2v) is 8.20. The lowest BCUT2D eigenvalue weighted by Crippen LogP contribution is -2.45. The van der Waals surface area contributed by atoms with Gasteiger partial charge in [0.25, 0.3) is 5.91 Å². The highest BCUT2D eigenvalue weighted by Gasteiger charge is 2.26. The van der Waals surface area contributed by atoms with Gasteiger partial charge < -0.3 is 9.64 Å². The quantitative estimate of drug-likeness (QED) is 0.505. The second-order valence-electron chi connectivity index (χ2n) is 7.26. The third kappa shape index (κ3) is 5.35. The minimum Gasteiger partial charge on any atom is -0.455 e. The van der Waals surface area contributed by atoms with Crippen molar-refractivity contribution in [1.82, 2.24) is 25.1 Å². The molecular weight excluding hydrogens is 390 g/mol. The number of esters is 1. The Morgan fingerprint density at radius 1 is 1.28 bits per heavy atom. The predicted octanol–water partition coefficient (Wildman–Crippen LogP) is 2.71. The van der Waals surface area contributed by atoms with E-state index >= 15 is 0 Å². The number of aryl methyl sites for hydroxylation is 2. The van der Waals surface area contributed by atoms with E-state index in [2.05, 4.69) is 22.4 Å². The molecule has 9 heteroatoms. The van der Waals surface area contributed by atoms with Gasteiger partial charge >= 0.3 is 5.97 Å². The molecule has 0 unspecified atom stereocenters. The number of amides is 1. The number of likely N-dealkylation sites (tertiary alicyclic amines) is 1. The van der Waals surface area contributed by atoms with Crippen molar-refractivity contribution in [1.29, 1.82) is 0 Å². The monoisotopic (exact) mass is 417 g/mol. The van der Waals surface area contributed by atoms with Gasteiger partial charge in [0.15, 0.2) is 6.61 Å². The predicted molar refractivity (Wildman–Crippen MR) is 110 cm³/mol. The van der Waals surface area contributed by atoms with Gasteiger partial charge in [0, 0.05) is 12.6 Å². The smallest absolute Gasteiger partial charge is 0.316 e. The maximum absolute atomic E-state index is 12.4. The highest BCUT2D eigenvalue weighted by Crippen LogP contribution is 2.22. The van der Waals surface area contributed by atoms with Crippen LogP contribution in [0.2, 0.25) is 0 Å². The summed E-state index contributed by atoms with van der Waals surface area (Å²) in [6.07, 6.45) is 4.10. The Kier molecular flexibility index (Phi) is 7.24. The Labute approximate surface area is 175 Å². The van der Waals surface area contributed by atoms with Crippen LogP contribution in [0.4, 0.5) is 0 Å². The van der Waals surface area contributed by atoms with E-state index in [4.69, 9.17) is 4.74 Å². The standard InChI is InChI=1S/C20H27N5O3S/c1-4-16-7-5-6-10-24(16)18(26)12-28-19(27)13-29-20-21-22-23-25(20)17-11-14(2)8-9-15(17)3/h8-9,11,16H,4-7,10,12-13H2,1-3H3/t16-/m0/s1. The van der Waals surface area contributed by atoms with Crippen molar-refractivity contribution < 1.29 is 14.3 Å². The first-order valence-electron chi connectivity index (χ1n) is 9.93. The van der Waals surface area contributed by atoms with Crippen LogP contribution in [0.25, 0.3) is 5.69 Å². The number of hydrogen-bond acceptors (Lipinski definition) is 7. The summed E-state index contributed by atoms with van der Waals surface area (Å²) >= 11 is 1.19. The Morgan fingerprint density at radius 2 is 2.10 bits per heavy atom. The van der Waals surface area contributed by atoms with E-state index in [0.717, 1.165) is 49.0 Å². The number of carbonyl (C=O) groups excluding carboxylic acids is 2. The van der Waals surface area contributed by atoms with Gasteiger partial charge in [-0.1, -0.05) is 30.8 Å². The number of benzene rings is 1. The van der Waals surface area contributed by atoms with Crippen LogP contribution in [0.5, 0.6) is 0 Å². The molecule has 29 heavy (non-hydrogen) atoms. The van der Waals surface area contributed by atoms with Crippen LogP contribution in [0.3, 0.4) is 0 Å². The average molecular weight is 418 g/mol. The first-order valence-corrected chi connectivity index (χ1v) is 10.9. The molecule has 0 bridgehead atoms. The number of rotatable bonds is 7. The van der Waals surface area contributed by atoms with Crippen LogP contribution in [-0.2, 0) is 14.3 Å². The van der Waals surface area contributed by atoms with Crippen LogP contribution in [0.15, 0.2) is 23.4 Å². The third-order valence-corrected chi connectivity index (χ3v) is 6.02. The van der Waals surface area contributed by atoms with Crippen molar-refractivity contribution in [3.63, 3.8) is 0 Å². The number of nitrogens with zero attached hydrogens (tertiary/aromatic N) is 5. The van der Waals surface area contributed by atoms with Crippen LogP contribution in [0.1, 0.15) is 43.7 Å². The summed E-state index contributed by atoms with van der Waals surface area (Å²) in [4.78, 5) is 26.4. The average Bonchev–Trinajstić information content (AvgIpc) is 3.20. The minimum atomic E-state index is -0.455. The van der Waals surface area contributed by atoms with Crippen molar-refractivity contribution >= 4 is 23.6 Å². The van der Waals surface area contributed by atoms with E-state index in [9.17, 15) is 9.59 Å². The number of carbonyl (C=O) groups is 2. The van der Waals surface area contributed by atoms with Crippen molar-refractivity contribution in [2.75, 3.05) is 18.9 Å². The number of ether oxygens (including phenoxy) is 1. The molecule has 0 radical (unpaired) electrons. The van der Waals surface area contributed by atoms with Gasteiger partial charge in [-0.3, -0.25) is 9.59 Å². The molecule has 2 heterocycles. The molecule has 1 atom stereocenters. The lowest BCUT2D eigenvalue weighted by atomic mass is 10.00. The zero-order valence-corrected chi connectivity index (χ0v) is 17.9. The van der Waals surface area contributed by atoms with E-state index in [-0.39, 0.29) is 24.3 Å². The first-order chi connectivity index (χ1) is 14.0. The molecular formula is C20H27N5O3S. The maximum Gasteiger partial charge on any atom is 0.316 e. The molecule has 0 saturated carbocycles. The van der Waals surface area contributed by atoms with Gasteiger partial charge in [0.1, 0.15) is 0 Å². The molecule has 1 aliphatic heterocycles. The van der Waals surface area contributed by atoms with Gasteiger partial charge in [0.2, 0.25) is 5.16 Å². The van der Waals surface area contributed by atoms with E-state index in [1.165, 1.54) is 11.8 Å². The van der Waals surface area contributed by atoms with Crippen molar-refractivity contribution in [2.45, 2.75) is 57.7 Å². The molecule has 1 aromatic carbocycles. The number of hydrogen-bond donors (Lipinski definition) is 0. The fourth-order valence-corrected chi connectivity index (χ4v) is 4.19. The fraction of sp³-hybridized carbons (Fsp3) is 0.550. The fourth-order valence-electron chi connectivity index (χ4n) is 3.51. The summed E-state index contributed by atoms with van der Waals surface area (Å²) < 4.78 is 6.82. The van der Waals surface area contributed by atoms with E-state index in [0.29, 0.717) is 5.16 Å². The molecule has 1 aromatic heterocycles. The van der Waals surface area contributed by atoms with Gasteiger partial charge in [-0.05, 0) is 67.2 Å². The summed E-state index contributed by atoms with van der Waals surface area (Å²) in [6.45, 7) is 6.60. The highest BCUT2D eigenvalue weighted by atomic mass is 32.2. The molecule has 1 saturated heterocycles. The second kappa shape index (κ2) is 9.87. The molecule has 1 aliphatic rings. The summed E-state index contributed by atoms with van der Waals surface area (Å²) in [6, 6.07) is 6.28.